The Bertz CT molecular complexity index is 1190. The second-order valence-electron chi connectivity index (χ2n) is 11.0. The van der Waals surface area contributed by atoms with E-state index in [1.54, 1.807) is 23.4 Å². The van der Waals surface area contributed by atoms with Gasteiger partial charge in [-0.05, 0) is 56.4 Å². The highest BCUT2D eigenvalue weighted by molar-refractivity contribution is 6.04. The van der Waals surface area contributed by atoms with E-state index < -0.39 is 6.04 Å². The third-order valence-electron chi connectivity index (χ3n) is 8.74. The first-order valence-electron chi connectivity index (χ1n) is 12.4. The molecule has 2 amide bonds. The van der Waals surface area contributed by atoms with Gasteiger partial charge >= 0.3 is 0 Å². The van der Waals surface area contributed by atoms with E-state index in [0.717, 1.165) is 19.3 Å². The maximum atomic E-state index is 13.6. The van der Waals surface area contributed by atoms with Crippen molar-refractivity contribution in [3.63, 3.8) is 0 Å². The zero-order chi connectivity index (χ0) is 23.7. The number of fused-ring (bicyclic) bond motifs is 2. The number of amides is 2. The third-order valence-corrected chi connectivity index (χ3v) is 8.74. The predicted molar refractivity (Wildman–Crippen MR) is 123 cm³/mol. The van der Waals surface area contributed by atoms with Crippen LogP contribution in [0.4, 0.5) is 0 Å². The minimum absolute atomic E-state index is 0.0269. The molecule has 0 radical (unpaired) electrons. The molecule has 3 aliphatic carbocycles. The monoisotopic (exact) mass is 465 g/mol. The highest BCUT2D eigenvalue weighted by Crippen LogP contribution is 2.59. The Morgan fingerprint density at radius 3 is 2.76 bits per heavy atom. The van der Waals surface area contributed by atoms with E-state index >= 15 is 0 Å². The summed E-state index contributed by atoms with van der Waals surface area (Å²) in [7, 11) is 0. The Balaban J connectivity index is 1.23. The second-order valence-corrected chi connectivity index (χ2v) is 11.0. The van der Waals surface area contributed by atoms with Crippen LogP contribution in [0.5, 0.6) is 0 Å². The maximum Gasteiger partial charge on any atom is 0.245 e. The minimum atomic E-state index is -0.581. The van der Waals surface area contributed by atoms with Crippen LogP contribution in [0.15, 0.2) is 18.5 Å². The van der Waals surface area contributed by atoms with Gasteiger partial charge < -0.3 is 15.3 Å². The largest absolute Gasteiger partial charge is 0.396 e. The molecule has 4 atom stereocenters. The number of nitrogens with zero attached hydrogens (tertiary/aromatic N) is 4. The van der Waals surface area contributed by atoms with Gasteiger partial charge in [0.05, 0.1) is 18.3 Å². The fraction of sp³-hybridized carbons (Fsp3) is 0.640. The van der Waals surface area contributed by atoms with Crippen LogP contribution in [0.2, 0.25) is 0 Å². The number of carbonyl (C=O) groups is 3. The third kappa shape index (κ3) is 3.43. The lowest BCUT2D eigenvalue weighted by Crippen LogP contribution is -2.52. The fourth-order valence-corrected chi connectivity index (χ4v) is 6.55. The number of rotatable bonds is 6. The van der Waals surface area contributed by atoms with Crippen molar-refractivity contribution in [2.45, 2.75) is 83.0 Å². The number of pyridine rings is 1. The van der Waals surface area contributed by atoms with Crippen molar-refractivity contribution in [3.05, 3.63) is 24.2 Å². The zero-order valence-electron chi connectivity index (χ0n) is 19.5. The number of hydrogen-bond acceptors (Lipinski definition) is 6. The summed E-state index contributed by atoms with van der Waals surface area (Å²) in [5, 5.41) is 18.3. The van der Waals surface area contributed by atoms with Crippen LogP contribution >= 0.6 is 0 Å². The van der Waals surface area contributed by atoms with Crippen molar-refractivity contribution < 1.29 is 19.5 Å². The Morgan fingerprint density at radius 2 is 2.03 bits per heavy atom. The van der Waals surface area contributed by atoms with Crippen molar-refractivity contribution in [1.29, 1.82) is 0 Å². The van der Waals surface area contributed by atoms with Crippen LogP contribution in [-0.4, -0.2) is 67.1 Å². The van der Waals surface area contributed by atoms with E-state index in [1.165, 1.54) is 30.9 Å². The molecular weight excluding hydrogens is 434 g/mol. The predicted octanol–water partition coefficient (Wildman–Crippen LogP) is 1.82. The van der Waals surface area contributed by atoms with Gasteiger partial charge in [-0.15, -0.1) is 0 Å². The van der Waals surface area contributed by atoms with Crippen molar-refractivity contribution in [1.82, 2.24) is 25.0 Å². The van der Waals surface area contributed by atoms with Crippen LogP contribution < -0.4 is 5.32 Å². The first-order valence-corrected chi connectivity index (χ1v) is 12.4. The Labute approximate surface area is 197 Å². The van der Waals surface area contributed by atoms with Gasteiger partial charge in [-0.25, -0.2) is 0 Å². The highest BCUT2D eigenvalue weighted by atomic mass is 16.3. The molecule has 0 bridgehead atoms. The molecule has 2 aromatic rings. The molecule has 9 nitrogen and oxygen atoms in total. The fourth-order valence-electron chi connectivity index (χ4n) is 6.55. The summed E-state index contributed by atoms with van der Waals surface area (Å²) in [5.74, 6) is -0.501. The molecule has 4 fully saturated rings. The second kappa shape index (κ2) is 7.60. The lowest BCUT2D eigenvalue weighted by atomic mass is 9.83. The first kappa shape index (κ1) is 21.7. The lowest BCUT2D eigenvalue weighted by Gasteiger charge is -2.33. The SMILES string of the molecule is CC(=O)c1nn(CC(=O)N2[C@H](C(=O)NC3CCCC4(CC4)C3)C[C@@]3(CO)C[C@@H]23)c2cnccc12. The van der Waals surface area contributed by atoms with Crippen LogP contribution in [0, 0.1) is 10.8 Å². The quantitative estimate of drug-likeness (QED) is 0.629. The van der Waals surface area contributed by atoms with Crippen LogP contribution in [0.3, 0.4) is 0 Å². The molecule has 2 N–H and O–H groups in total. The Kier molecular flexibility index (Phi) is 4.85. The van der Waals surface area contributed by atoms with E-state index in [9.17, 15) is 19.5 Å². The summed E-state index contributed by atoms with van der Waals surface area (Å²) in [6, 6.07) is 1.18. The van der Waals surface area contributed by atoms with Crippen molar-refractivity contribution >= 4 is 28.5 Å². The molecule has 9 heteroatoms. The molecular formula is C25H31N5O4. The summed E-state index contributed by atoms with van der Waals surface area (Å²) in [4.78, 5) is 44.8. The van der Waals surface area contributed by atoms with Gasteiger partial charge in [0, 0.05) is 36.0 Å². The normalized spacial score (nSPS) is 30.9. The zero-order valence-corrected chi connectivity index (χ0v) is 19.5. The number of aliphatic hydroxyl groups excluding tert-OH is 1. The number of aromatic nitrogens is 3. The van der Waals surface area contributed by atoms with Crippen LogP contribution in [-0.2, 0) is 16.1 Å². The van der Waals surface area contributed by atoms with E-state index in [1.807, 2.05) is 0 Å². The summed E-state index contributed by atoms with van der Waals surface area (Å²) in [6.07, 6.45) is 11.4. The molecule has 3 heterocycles. The van der Waals surface area contributed by atoms with E-state index in [2.05, 4.69) is 15.4 Å². The molecule has 180 valence electrons. The van der Waals surface area contributed by atoms with Crippen LogP contribution in [0.25, 0.3) is 10.9 Å². The minimum Gasteiger partial charge on any atom is -0.396 e. The van der Waals surface area contributed by atoms with Gasteiger partial charge in [0.25, 0.3) is 0 Å². The number of ketones is 1. The maximum absolute atomic E-state index is 13.6. The molecule has 34 heavy (non-hydrogen) atoms. The standard InChI is InChI=1S/C25H31N5O4/c1-15(32)22-17-4-8-26-12-19(17)29(28-22)13-21(33)30-18(10-25(14-31)11-20(25)30)23(34)27-16-3-2-5-24(9-16)6-7-24/h4,8,12,16,18,20,31H,2-3,5-7,9-11,13-14H2,1H3,(H,27,34)/t16?,18-,20+,25-/m0/s1. The molecule has 2 aromatic heterocycles. The molecule has 1 unspecified atom stereocenters. The molecule has 1 aliphatic heterocycles. The molecule has 0 aromatic carbocycles. The summed E-state index contributed by atoms with van der Waals surface area (Å²) in [6.45, 7) is 1.34. The van der Waals surface area contributed by atoms with E-state index in [-0.39, 0.29) is 48.2 Å². The number of nitrogens with one attached hydrogen (secondary N) is 1. The number of Topliss-reactive ketones (excluding diaryl/α,β-unsaturated/α-hetero) is 1. The molecule has 1 spiro atoms. The van der Waals surface area contributed by atoms with Crippen molar-refractivity contribution in [2.75, 3.05) is 6.61 Å². The topological polar surface area (TPSA) is 117 Å². The van der Waals surface area contributed by atoms with Gasteiger partial charge in [-0.1, -0.05) is 6.42 Å². The van der Waals surface area contributed by atoms with Crippen molar-refractivity contribution in [3.8, 4) is 0 Å². The van der Waals surface area contributed by atoms with Gasteiger partial charge in [0.1, 0.15) is 18.3 Å². The number of likely N-dealkylation sites (tertiary alicyclic amines) is 1. The van der Waals surface area contributed by atoms with Gasteiger partial charge in [0.2, 0.25) is 11.8 Å². The molecule has 1 saturated heterocycles. The Hall–Kier alpha value is -2.81. The number of hydrogen-bond donors (Lipinski definition) is 2. The van der Waals surface area contributed by atoms with E-state index in [0.29, 0.717) is 34.9 Å². The average molecular weight is 466 g/mol. The first-order chi connectivity index (χ1) is 16.3. The molecule has 3 saturated carbocycles. The molecule has 4 aliphatic rings. The van der Waals surface area contributed by atoms with Gasteiger partial charge in [0.15, 0.2) is 5.78 Å². The van der Waals surface area contributed by atoms with Crippen LogP contribution in [0.1, 0.15) is 68.8 Å². The van der Waals surface area contributed by atoms with Gasteiger partial charge in [-0.3, -0.25) is 24.0 Å². The lowest BCUT2D eigenvalue weighted by molar-refractivity contribution is -0.140. The Morgan fingerprint density at radius 1 is 1.21 bits per heavy atom. The number of carbonyl (C=O) groups excluding carboxylic acids is 3. The van der Waals surface area contributed by atoms with Crippen molar-refractivity contribution in [2.24, 2.45) is 10.8 Å². The summed E-state index contributed by atoms with van der Waals surface area (Å²) in [5.41, 5.74) is 0.991. The molecule has 6 rings (SSSR count). The van der Waals surface area contributed by atoms with Gasteiger partial charge in [-0.2, -0.15) is 5.10 Å². The summed E-state index contributed by atoms with van der Waals surface area (Å²) >= 11 is 0. The van der Waals surface area contributed by atoms with E-state index in [4.69, 9.17) is 0 Å². The highest BCUT2D eigenvalue weighted by Gasteiger charge is 2.67. The smallest absolute Gasteiger partial charge is 0.245 e. The number of piperidine rings is 1. The average Bonchev–Trinajstić information content (AvgIpc) is 3.67. The summed E-state index contributed by atoms with van der Waals surface area (Å²) < 4.78 is 1.51. The number of aliphatic hydroxyl groups is 1.